The Morgan fingerprint density at radius 3 is 2.67 bits per heavy atom. The van der Waals surface area contributed by atoms with Gasteiger partial charge in [-0.15, -0.1) is 24.0 Å². The average molecular weight is 564 g/mol. The third-order valence-electron chi connectivity index (χ3n) is 5.36. The molecular formula is C24H30FIN6O. The van der Waals surface area contributed by atoms with E-state index in [1.165, 1.54) is 25.2 Å². The Morgan fingerprint density at radius 1 is 1.24 bits per heavy atom. The van der Waals surface area contributed by atoms with E-state index in [9.17, 15) is 4.39 Å². The first-order valence-corrected chi connectivity index (χ1v) is 11.0. The van der Waals surface area contributed by atoms with E-state index in [1.54, 1.807) is 17.1 Å². The van der Waals surface area contributed by atoms with Crippen LogP contribution in [0.5, 0.6) is 5.75 Å². The molecule has 4 rings (SSSR count). The summed E-state index contributed by atoms with van der Waals surface area (Å²) < 4.78 is 21.8. The number of rotatable bonds is 9. The van der Waals surface area contributed by atoms with Crippen molar-refractivity contribution in [2.75, 3.05) is 13.2 Å². The number of hydrogen-bond acceptors (Lipinski definition) is 4. The van der Waals surface area contributed by atoms with Gasteiger partial charge in [-0.1, -0.05) is 18.2 Å². The molecule has 1 unspecified atom stereocenters. The quantitative estimate of drug-likeness (QED) is 0.225. The summed E-state index contributed by atoms with van der Waals surface area (Å²) in [6.45, 7) is 5.84. The molecule has 1 aromatic heterocycles. The van der Waals surface area contributed by atoms with Crippen molar-refractivity contribution in [1.82, 2.24) is 25.4 Å². The van der Waals surface area contributed by atoms with Crippen molar-refractivity contribution in [1.29, 1.82) is 0 Å². The Kier molecular flexibility index (Phi) is 9.04. The second-order valence-electron chi connectivity index (χ2n) is 8.01. The van der Waals surface area contributed by atoms with Gasteiger partial charge in [0.25, 0.3) is 0 Å². The zero-order valence-electron chi connectivity index (χ0n) is 18.9. The molecule has 7 nitrogen and oxygen atoms in total. The third kappa shape index (κ3) is 7.15. The van der Waals surface area contributed by atoms with Crippen LogP contribution in [0.1, 0.15) is 43.9 Å². The Morgan fingerprint density at radius 2 is 2.03 bits per heavy atom. The fraction of sp³-hybridized carbons (Fsp3) is 0.375. The average Bonchev–Trinajstić information content (AvgIpc) is 3.47. The number of ether oxygens (including phenoxy) is 1. The molecule has 1 atom stereocenters. The maximum atomic E-state index is 14.5. The smallest absolute Gasteiger partial charge is 0.192 e. The lowest BCUT2D eigenvalue weighted by Crippen LogP contribution is -2.38. The first kappa shape index (κ1) is 24.9. The van der Waals surface area contributed by atoms with Crippen LogP contribution in [-0.2, 0) is 6.54 Å². The summed E-state index contributed by atoms with van der Waals surface area (Å²) in [4.78, 5) is 8.64. The maximum absolute atomic E-state index is 14.5. The molecule has 0 amide bonds. The van der Waals surface area contributed by atoms with Gasteiger partial charge < -0.3 is 15.4 Å². The second-order valence-corrected chi connectivity index (χ2v) is 8.01. The second kappa shape index (κ2) is 12.0. The van der Waals surface area contributed by atoms with Crippen molar-refractivity contribution < 1.29 is 9.13 Å². The van der Waals surface area contributed by atoms with Gasteiger partial charge in [-0.2, -0.15) is 5.10 Å². The number of nitrogens with zero attached hydrogens (tertiary/aromatic N) is 4. The molecule has 0 aliphatic heterocycles. The molecular weight excluding hydrogens is 534 g/mol. The number of nitrogens with one attached hydrogen (secondary N) is 2. The fourth-order valence-electron chi connectivity index (χ4n) is 3.27. The summed E-state index contributed by atoms with van der Waals surface area (Å²) in [5.41, 5.74) is 2.85. The minimum Gasteiger partial charge on any atom is -0.490 e. The van der Waals surface area contributed by atoms with E-state index in [1.807, 2.05) is 44.2 Å². The lowest BCUT2D eigenvalue weighted by molar-refractivity contribution is 0.285. The van der Waals surface area contributed by atoms with Crippen molar-refractivity contribution in [3.05, 3.63) is 72.1 Å². The monoisotopic (exact) mass is 564 g/mol. The van der Waals surface area contributed by atoms with Gasteiger partial charge in [0.15, 0.2) is 17.5 Å². The van der Waals surface area contributed by atoms with E-state index in [0.29, 0.717) is 30.8 Å². The predicted octanol–water partition coefficient (Wildman–Crippen LogP) is 4.63. The molecule has 0 bridgehead atoms. The molecule has 0 radical (unpaired) electrons. The van der Waals surface area contributed by atoms with E-state index < -0.39 is 0 Å². The number of halogens is 2. The highest BCUT2D eigenvalue weighted by atomic mass is 127. The van der Waals surface area contributed by atoms with Crippen molar-refractivity contribution in [2.24, 2.45) is 10.9 Å². The number of guanidine groups is 1. The van der Waals surface area contributed by atoms with Gasteiger partial charge in [0.2, 0.25) is 0 Å². The molecule has 1 aliphatic carbocycles. The van der Waals surface area contributed by atoms with Crippen LogP contribution in [0.3, 0.4) is 0 Å². The standard InChI is InChI=1S/C24H29FN6O.HI/c1-3-27-24(28-13-18-6-9-21(10-7-18)31-16-26-15-29-31)30-17(2)20-8-11-23(22(25)12-20)32-14-19-4-5-19;/h6-12,15-17,19H,3-5,13-14H2,1-2H3,(H2,27,28,30);1H. The molecule has 1 aliphatic rings. The van der Waals surface area contributed by atoms with Crippen LogP contribution in [0.2, 0.25) is 0 Å². The minimum atomic E-state index is -0.328. The van der Waals surface area contributed by atoms with E-state index in [4.69, 9.17) is 4.74 Å². The molecule has 1 heterocycles. The fourth-order valence-corrected chi connectivity index (χ4v) is 3.27. The molecule has 2 N–H and O–H groups in total. The normalized spacial score (nSPS) is 14.3. The highest BCUT2D eigenvalue weighted by Gasteiger charge is 2.22. The van der Waals surface area contributed by atoms with Crippen LogP contribution in [0, 0.1) is 11.7 Å². The first-order chi connectivity index (χ1) is 15.6. The molecule has 3 aromatic rings. The van der Waals surface area contributed by atoms with Crippen molar-refractivity contribution in [3.63, 3.8) is 0 Å². The lowest BCUT2D eigenvalue weighted by atomic mass is 10.1. The highest BCUT2D eigenvalue weighted by Crippen LogP contribution is 2.30. The van der Waals surface area contributed by atoms with Gasteiger partial charge >= 0.3 is 0 Å². The molecule has 0 spiro atoms. The SMILES string of the molecule is CCNC(=NCc1ccc(-n2cncn2)cc1)NC(C)c1ccc(OCC2CC2)c(F)c1.I. The summed E-state index contributed by atoms with van der Waals surface area (Å²) in [5, 5.41) is 10.7. The summed E-state index contributed by atoms with van der Waals surface area (Å²) in [6, 6.07) is 13.0. The molecule has 33 heavy (non-hydrogen) atoms. The summed E-state index contributed by atoms with van der Waals surface area (Å²) in [6.07, 6.45) is 5.53. The zero-order valence-corrected chi connectivity index (χ0v) is 21.2. The van der Waals surface area contributed by atoms with E-state index in [0.717, 1.165) is 23.4 Å². The molecule has 1 fully saturated rings. The van der Waals surface area contributed by atoms with Crippen molar-refractivity contribution in [2.45, 2.75) is 39.3 Å². The Balaban J connectivity index is 0.00000306. The number of aromatic nitrogens is 3. The summed E-state index contributed by atoms with van der Waals surface area (Å²) in [5.74, 6) is 1.26. The predicted molar refractivity (Wildman–Crippen MR) is 138 cm³/mol. The van der Waals surface area contributed by atoms with Gasteiger partial charge in [-0.05, 0) is 68.0 Å². The highest BCUT2D eigenvalue weighted by molar-refractivity contribution is 14.0. The molecule has 0 saturated heterocycles. The zero-order chi connectivity index (χ0) is 22.3. The Bertz CT molecular complexity index is 1040. The van der Waals surface area contributed by atoms with Gasteiger partial charge in [-0.25, -0.2) is 19.0 Å². The number of benzene rings is 2. The van der Waals surface area contributed by atoms with E-state index in [-0.39, 0.29) is 35.8 Å². The minimum absolute atomic E-state index is 0. The van der Waals surface area contributed by atoms with Crippen LogP contribution < -0.4 is 15.4 Å². The van der Waals surface area contributed by atoms with Crippen LogP contribution in [0.15, 0.2) is 60.1 Å². The van der Waals surface area contributed by atoms with E-state index in [2.05, 4.69) is 25.7 Å². The summed E-state index contributed by atoms with van der Waals surface area (Å²) >= 11 is 0. The number of hydrogen-bond donors (Lipinski definition) is 2. The molecule has 1 saturated carbocycles. The van der Waals surface area contributed by atoms with Gasteiger partial charge in [0.1, 0.15) is 12.7 Å². The Hall–Kier alpha value is -2.69. The van der Waals surface area contributed by atoms with Gasteiger partial charge in [0.05, 0.1) is 24.9 Å². The molecule has 176 valence electrons. The number of aliphatic imine (C=N–C) groups is 1. The largest absolute Gasteiger partial charge is 0.490 e. The molecule has 9 heteroatoms. The van der Waals surface area contributed by atoms with Crippen LogP contribution in [0.4, 0.5) is 4.39 Å². The topological polar surface area (TPSA) is 76.4 Å². The van der Waals surface area contributed by atoms with Crippen LogP contribution in [-0.4, -0.2) is 33.9 Å². The van der Waals surface area contributed by atoms with Gasteiger partial charge in [0, 0.05) is 6.54 Å². The van der Waals surface area contributed by atoms with Crippen LogP contribution >= 0.6 is 24.0 Å². The first-order valence-electron chi connectivity index (χ1n) is 11.0. The third-order valence-corrected chi connectivity index (χ3v) is 5.36. The van der Waals surface area contributed by atoms with Crippen molar-refractivity contribution in [3.8, 4) is 11.4 Å². The van der Waals surface area contributed by atoms with E-state index >= 15 is 0 Å². The maximum Gasteiger partial charge on any atom is 0.192 e. The van der Waals surface area contributed by atoms with Gasteiger partial charge in [-0.3, -0.25) is 0 Å². The van der Waals surface area contributed by atoms with Crippen LogP contribution in [0.25, 0.3) is 5.69 Å². The summed E-state index contributed by atoms with van der Waals surface area (Å²) in [7, 11) is 0. The van der Waals surface area contributed by atoms with Crippen molar-refractivity contribution >= 4 is 29.9 Å². The lowest BCUT2D eigenvalue weighted by Gasteiger charge is -2.19. The molecule has 2 aromatic carbocycles. The Labute approximate surface area is 210 Å².